The second-order valence-electron chi connectivity index (χ2n) is 5.42. The molecule has 0 saturated carbocycles. The molecule has 0 aromatic carbocycles. The van der Waals surface area contributed by atoms with Crippen molar-refractivity contribution < 1.29 is 32.8 Å². The Kier molecular flexibility index (Phi) is 6.47. The van der Waals surface area contributed by atoms with Crippen LogP contribution in [0.15, 0.2) is 47.8 Å². The fraction of sp³-hybridized carbons (Fsp3) is 0.500. The van der Waals surface area contributed by atoms with Crippen molar-refractivity contribution in [3.63, 3.8) is 0 Å². The van der Waals surface area contributed by atoms with E-state index in [0.717, 1.165) is 5.57 Å². The van der Waals surface area contributed by atoms with Gasteiger partial charge in [0.2, 0.25) is 6.29 Å². The van der Waals surface area contributed by atoms with Crippen LogP contribution in [-0.2, 0) is 20.6 Å². The van der Waals surface area contributed by atoms with Gasteiger partial charge in [0.05, 0.1) is 19.3 Å². The normalized spacial score (nSPS) is 27.7. The average molecular weight is 360 g/mol. The molecule has 3 N–H and O–H groups in total. The Balaban J connectivity index is 1.82. The zero-order valence-electron chi connectivity index (χ0n) is 13.2. The maximum absolute atomic E-state index is 14.1. The first-order chi connectivity index (χ1) is 11.4. The van der Waals surface area contributed by atoms with Crippen molar-refractivity contribution in [2.75, 3.05) is 13.2 Å². The summed E-state index contributed by atoms with van der Waals surface area (Å²) in [6, 6.07) is 0. The van der Waals surface area contributed by atoms with Crippen molar-refractivity contribution in [3.05, 3.63) is 47.8 Å². The predicted octanol–water partition coefficient (Wildman–Crippen LogP) is 2.13. The second kappa shape index (κ2) is 8.17. The van der Waals surface area contributed by atoms with E-state index in [1.54, 1.807) is 24.3 Å². The first-order valence-electron chi connectivity index (χ1n) is 7.57. The van der Waals surface area contributed by atoms with Gasteiger partial charge in [0.1, 0.15) is 5.76 Å². The number of hydrogen-bond donors (Lipinski definition) is 3. The lowest BCUT2D eigenvalue weighted by Gasteiger charge is -2.29. The molecule has 4 unspecified atom stereocenters. The van der Waals surface area contributed by atoms with Gasteiger partial charge in [-0.25, -0.2) is 8.60 Å². The Morgan fingerprint density at radius 2 is 2.04 bits per heavy atom. The predicted molar refractivity (Wildman–Crippen MR) is 87.2 cm³/mol. The van der Waals surface area contributed by atoms with Crippen LogP contribution in [0.5, 0.6) is 0 Å². The highest BCUT2D eigenvalue weighted by Gasteiger charge is 2.44. The van der Waals surface area contributed by atoms with Gasteiger partial charge in [-0.1, -0.05) is 37.3 Å². The SMILES string of the molecule is CCC(F)(C(O)OCCOC1C=CC=C2C(O)=CC=C[C@H]21)S(=O)O. The summed E-state index contributed by atoms with van der Waals surface area (Å²) >= 11 is -2.86. The van der Waals surface area contributed by atoms with Crippen LogP contribution in [0.3, 0.4) is 0 Å². The number of alkyl halides is 1. The minimum absolute atomic E-state index is 0.0476. The molecular formula is C16H21FO6S. The lowest BCUT2D eigenvalue weighted by atomic mass is 9.85. The third-order valence-corrected chi connectivity index (χ3v) is 5.04. The van der Waals surface area contributed by atoms with Gasteiger partial charge < -0.3 is 24.2 Å². The van der Waals surface area contributed by atoms with Crippen LogP contribution in [0.4, 0.5) is 4.39 Å². The maximum Gasteiger partial charge on any atom is 0.259 e. The van der Waals surface area contributed by atoms with Crippen molar-refractivity contribution in [1.29, 1.82) is 0 Å². The summed E-state index contributed by atoms with van der Waals surface area (Å²) in [6.45, 7) is 1.24. The van der Waals surface area contributed by atoms with Gasteiger partial charge in [-0.05, 0) is 12.5 Å². The molecular weight excluding hydrogens is 339 g/mol. The molecule has 0 saturated heterocycles. The van der Waals surface area contributed by atoms with E-state index in [4.69, 9.17) is 14.0 Å². The molecule has 0 spiro atoms. The Hall–Kier alpha value is -1.32. The molecule has 2 aliphatic rings. The third kappa shape index (κ3) is 4.01. The number of aliphatic hydroxyl groups is 2. The summed E-state index contributed by atoms with van der Waals surface area (Å²) in [5.41, 5.74) is 0.746. The molecule has 0 aromatic rings. The molecule has 2 rings (SSSR count). The molecule has 8 heteroatoms. The standard InChI is InChI=1S/C16H21FO6S/c1-2-16(17,24(20)21)15(19)23-10-9-22-14-8-4-5-11-12(14)6-3-7-13(11)18/h3-8,12,14-15,18-19H,2,9-10H2,1H3,(H,20,21)/t12-,14?,15?,16?/m1/s1. The number of ether oxygens (including phenoxy) is 2. The number of fused-ring (bicyclic) bond motifs is 1. The van der Waals surface area contributed by atoms with Gasteiger partial charge in [0, 0.05) is 11.5 Å². The number of allylic oxidation sites excluding steroid dienone is 5. The summed E-state index contributed by atoms with van der Waals surface area (Å²) in [5.74, 6) is 0.0495. The van der Waals surface area contributed by atoms with Gasteiger partial charge in [-0.3, -0.25) is 0 Å². The minimum Gasteiger partial charge on any atom is -0.508 e. The highest BCUT2D eigenvalue weighted by molar-refractivity contribution is 7.80. The number of halogens is 1. The minimum atomic E-state index is -2.86. The van der Waals surface area contributed by atoms with Crippen molar-refractivity contribution in [2.24, 2.45) is 5.92 Å². The van der Waals surface area contributed by atoms with Crippen LogP contribution in [0.2, 0.25) is 0 Å². The summed E-state index contributed by atoms with van der Waals surface area (Å²) in [6.07, 6.45) is 7.91. The van der Waals surface area contributed by atoms with Gasteiger partial charge in [-0.15, -0.1) is 0 Å². The van der Waals surface area contributed by atoms with E-state index in [9.17, 15) is 18.8 Å². The van der Waals surface area contributed by atoms with Crippen LogP contribution in [0.25, 0.3) is 0 Å². The molecule has 2 aliphatic carbocycles. The van der Waals surface area contributed by atoms with Crippen LogP contribution in [0.1, 0.15) is 13.3 Å². The van der Waals surface area contributed by atoms with E-state index in [1.165, 1.54) is 6.92 Å². The van der Waals surface area contributed by atoms with Crippen LogP contribution in [-0.4, -0.2) is 49.6 Å². The molecule has 5 atom stereocenters. The second-order valence-corrected chi connectivity index (χ2v) is 6.59. The average Bonchev–Trinajstić information content (AvgIpc) is 2.58. The van der Waals surface area contributed by atoms with Crippen LogP contribution in [0, 0.1) is 5.92 Å². The lowest BCUT2D eigenvalue weighted by molar-refractivity contribution is -0.165. The van der Waals surface area contributed by atoms with E-state index in [-0.39, 0.29) is 37.4 Å². The Labute approximate surface area is 142 Å². The Morgan fingerprint density at radius 1 is 1.33 bits per heavy atom. The zero-order chi connectivity index (χ0) is 17.7. The molecule has 0 heterocycles. The third-order valence-electron chi connectivity index (χ3n) is 3.97. The van der Waals surface area contributed by atoms with Crippen molar-refractivity contribution in [3.8, 4) is 0 Å². The molecule has 24 heavy (non-hydrogen) atoms. The van der Waals surface area contributed by atoms with E-state index in [2.05, 4.69) is 0 Å². The summed E-state index contributed by atoms with van der Waals surface area (Å²) in [5, 5.41) is 16.7. The highest BCUT2D eigenvalue weighted by atomic mass is 32.2. The largest absolute Gasteiger partial charge is 0.508 e. The molecule has 0 fully saturated rings. The molecule has 6 nitrogen and oxygen atoms in total. The topological polar surface area (TPSA) is 96.2 Å². The van der Waals surface area contributed by atoms with E-state index in [0.29, 0.717) is 0 Å². The summed E-state index contributed by atoms with van der Waals surface area (Å²) < 4.78 is 44.5. The summed E-state index contributed by atoms with van der Waals surface area (Å²) in [7, 11) is 0. The zero-order valence-corrected chi connectivity index (χ0v) is 14.0. The fourth-order valence-corrected chi connectivity index (χ4v) is 3.01. The van der Waals surface area contributed by atoms with Crippen molar-refractivity contribution in [2.45, 2.75) is 30.7 Å². The van der Waals surface area contributed by atoms with E-state index < -0.39 is 22.4 Å². The first kappa shape index (κ1) is 19.0. The first-order valence-corrected chi connectivity index (χ1v) is 8.68. The number of rotatable bonds is 8. The summed E-state index contributed by atoms with van der Waals surface area (Å²) in [4.78, 5) is 0. The lowest BCUT2D eigenvalue weighted by Crippen LogP contribution is -2.43. The molecule has 134 valence electrons. The molecule has 0 amide bonds. The Bertz CT molecular complexity index is 599. The van der Waals surface area contributed by atoms with Gasteiger partial charge >= 0.3 is 0 Å². The molecule has 0 bridgehead atoms. The quantitative estimate of drug-likeness (QED) is 0.349. The molecule has 0 aliphatic heterocycles. The number of aliphatic hydroxyl groups excluding tert-OH is 2. The fourth-order valence-electron chi connectivity index (χ4n) is 2.52. The van der Waals surface area contributed by atoms with Gasteiger partial charge in [0.25, 0.3) is 5.00 Å². The smallest absolute Gasteiger partial charge is 0.259 e. The van der Waals surface area contributed by atoms with Gasteiger partial charge in [0.15, 0.2) is 11.1 Å². The van der Waals surface area contributed by atoms with Crippen LogP contribution < -0.4 is 0 Å². The Morgan fingerprint density at radius 3 is 2.71 bits per heavy atom. The molecule has 0 radical (unpaired) electrons. The monoisotopic (exact) mass is 360 g/mol. The van der Waals surface area contributed by atoms with E-state index in [1.807, 2.05) is 12.2 Å². The maximum atomic E-state index is 14.1. The highest BCUT2D eigenvalue weighted by Crippen LogP contribution is 2.31. The number of hydrogen-bond acceptors (Lipinski definition) is 5. The van der Waals surface area contributed by atoms with Crippen molar-refractivity contribution >= 4 is 11.1 Å². The van der Waals surface area contributed by atoms with Crippen LogP contribution >= 0.6 is 0 Å². The van der Waals surface area contributed by atoms with Gasteiger partial charge in [-0.2, -0.15) is 0 Å². The van der Waals surface area contributed by atoms with Crippen molar-refractivity contribution in [1.82, 2.24) is 0 Å². The molecule has 0 aromatic heterocycles. The van der Waals surface area contributed by atoms with E-state index >= 15 is 0 Å².